The van der Waals surface area contributed by atoms with Crippen LogP contribution in [0.3, 0.4) is 0 Å². The van der Waals surface area contributed by atoms with Gasteiger partial charge in [0.05, 0.1) is 11.6 Å². The van der Waals surface area contributed by atoms with E-state index in [1.54, 1.807) is 18.2 Å². The minimum absolute atomic E-state index is 0.247. The predicted molar refractivity (Wildman–Crippen MR) is 69.7 cm³/mol. The van der Waals surface area contributed by atoms with Gasteiger partial charge in [-0.25, -0.2) is 4.39 Å². The van der Waals surface area contributed by atoms with Crippen molar-refractivity contribution in [3.05, 3.63) is 59.4 Å². The lowest BCUT2D eigenvalue weighted by Crippen LogP contribution is -1.83. The molecule has 0 saturated heterocycles. The minimum atomic E-state index is -0.349. The van der Waals surface area contributed by atoms with Crippen molar-refractivity contribution in [1.29, 1.82) is 5.26 Å². The molecule has 0 aliphatic carbocycles. The molecule has 4 heteroatoms. The minimum Gasteiger partial charge on any atom is -0.504 e. The number of phenols is 2. The summed E-state index contributed by atoms with van der Waals surface area (Å²) in [5.41, 5.74) is 1.45. The summed E-state index contributed by atoms with van der Waals surface area (Å²) in [6.07, 6.45) is 1.57. The maximum absolute atomic E-state index is 12.8. The molecule has 0 saturated carbocycles. The molecule has 0 heterocycles. The van der Waals surface area contributed by atoms with Gasteiger partial charge < -0.3 is 10.2 Å². The lowest BCUT2D eigenvalue weighted by atomic mass is 10.0. The Morgan fingerprint density at radius 3 is 2.32 bits per heavy atom. The third kappa shape index (κ3) is 2.90. The van der Waals surface area contributed by atoms with Gasteiger partial charge in [-0.15, -0.1) is 0 Å². The number of benzene rings is 2. The van der Waals surface area contributed by atoms with Crippen molar-refractivity contribution in [1.82, 2.24) is 0 Å². The second kappa shape index (κ2) is 5.23. The third-order valence-corrected chi connectivity index (χ3v) is 2.59. The van der Waals surface area contributed by atoms with Crippen LogP contribution < -0.4 is 0 Å². The van der Waals surface area contributed by atoms with Crippen molar-refractivity contribution in [2.45, 2.75) is 0 Å². The van der Waals surface area contributed by atoms with Gasteiger partial charge >= 0.3 is 0 Å². The SMILES string of the molecule is N#CC(=Cc1ccc(F)cc1)c1ccc(O)c(O)c1. The normalized spacial score (nSPS) is 11.1. The molecule has 0 unspecified atom stereocenters. The number of hydrogen-bond donors (Lipinski definition) is 2. The van der Waals surface area contributed by atoms with Gasteiger partial charge in [0.15, 0.2) is 11.5 Å². The first-order valence-electron chi connectivity index (χ1n) is 5.50. The maximum atomic E-state index is 12.8. The highest BCUT2D eigenvalue weighted by Crippen LogP contribution is 2.28. The first-order valence-corrected chi connectivity index (χ1v) is 5.50. The van der Waals surface area contributed by atoms with E-state index >= 15 is 0 Å². The summed E-state index contributed by atoms with van der Waals surface area (Å²) in [5, 5.41) is 27.8. The van der Waals surface area contributed by atoms with Gasteiger partial charge in [-0.05, 0) is 47.5 Å². The van der Waals surface area contributed by atoms with E-state index in [-0.39, 0.29) is 17.3 Å². The molecule has 0 amide bonds. The molecule has 0 aliphatic rings. The number of aromatic hydroxyl groups is 2. The molecule has 0 aromatic heterocycles. The Labute approximate surface area is 109 Å². The number of allylic oxidation sites excluding steroid dienone is 1. The van der Waals surface area contributed by atoms with Gasteiger partial charge in [-0.2, -0.15) is 5.26 Å². The van der Waals surface area contributed by atoms with Crippen LogP contribution in [0.1, 0.15) is 11.1 Å². The summed E-state index contributed by atoms with van der Waals surface area (Å²) in [6.45, 7) is 0. The highest BCUT2D eigenvalue weighted by Gasteiger charge is 2.05. The van der Waals surface area contributed by atoms with E-state index in [9.17, 15) is 14.6 Å². The van der Waals surface area contributed by atoms with Crippen molar-refractivity contribution in [2.24, 2.45) is 0 Å². The summed E-state index contributed by atoms with van der Waals surface area (Å²) < 4.78 is 12.8. The van der Waals surface area contributed by atoms with Crippen molar-refractivity contribution in [3.63, 3.8) is 0 Å². The summed E-state index contributed by atoms with van der Waals surface area (Å²) in [5.74, 6) is -0.890. The largest absolute Gasteiger partial charge is 0.504 e. The molecule has 0 aliphatic heterocycles. The zero-order chi connectivity index (χ0) is 13.8. The summed E-state index contributed by atoms with van der Waals surface area (Å²) in [7, 11) is 0. The van der Waals surface area contributed by atoms with E-state index in [4.69, 9.17) is 5.26 Å². The van der Waals surface area contributed by atoms with Crippen LogP contribution in [0.25, 0.3) is 11.6 Å². The first-order chi connectivity index (χ1) is 9.10. The molecule has 0 spiro atoms. The molecular formula is C15H10FNO2. The summed E-state index contributed by atoms with van der Waals surface area (Å²) >= 11 is 0. The lowest BCUT2D eigenvalue weighted by Gasteiger charge is -2.02. The van der Waals surface area contributed by atoms with Crippen LogP contribution in [0.4, 0.5) is 4.39 Å². The van der Waals surface area contributed by atoms with Gasteiger partial charge in [0.25, 0.3) is 0 Å². The fraction of sp³-hybridized carbons (Fsp3) is 0. The quantitative estimate of drug-likeness (QED) is 0.491. The van der Waals surface area contributed by atoms with Gasteiger partial charge in [0.2, 0.25) is 0 Å². The Hall–Kier alpha value is -2.80. The highest BCUT2D eigenvalue weighted by molar-refractivity contribution is 5.90. The maximum Gasteiger partial charge on any atom is 0.158 e. The zero-order valence-electron chi connectivity index (χ0n) is 9.84. The van der Waals surface area contributed by atoms with Crippen LogP contribution >= 0.6 is 0 Å². The lowest BCUT2D eigenvalue weighted by molar-refractivity contribution is 0.403. The highest BCUT2D eigenvalue weighted by atomic mass is 19.1. The van der Waals surface area contributed by atoms with Crippen molar-refractivity contribution >= 4 is 11.6 Å². The van der Waals surface area contributed by atoms with Crippen LogP contribution in [-0.2, 0) is 0 Å². The van der Waals surface area contributed by atoms with Crippen LogP contribution in [0.5, 0.6) is 11.5 Å². The second-order valence-corrected chi connectivity index (χ2v) is 3.92. The molecule has 2 rings (SSSR count). The molecule has 0 bridgehead atoms. The van der Waals surface area contributed by atoms with Gasteiger partial charge in [0.1, 0.15) is 5.82 Å². The smallest absolute Gasteiger partial charge is 0.158 e. The molecule has 94 valence electrons. The Morgan fingerprint density at radius 2 is 1.74 bits per heavy atom. The number of hydrogen-bond acceptors (Lipinski definition) is 3. The Bertz CT molecular complexity index is 670. The van der Waals surface area contributed by atoms with Crippen molar-refractivity contribution < 1.29 is 14.6 Å². The fourth-order valence-corrected chi connectivity index (χ4v) is 1.60. The van der Waals surface area contributed by atoms with Gasteiger partial charge in [-0.1, -0.05) is 12.1 Å². The average Bonchev–Trinajstić information content (AvgIpc) is 2.41. The number of rotatable bonds is 2. The van der Waals surface area contributed by atoms with E-state index in [1.807, 2.05) is 6.07 Å². The molecule has 19 heavy (non-hydrogen) atoms. The molecule has 2 N–H and O–H groups in total. The Morgan fingerprint density at radius 1 is 1.05 bits per heavy atom. The summed E-state index contributed by atoms with van der Waals surface area (Å²) in [6, 6.07) is 11.8. The standard InChI is InChI=1S/C15H10FNO2/c16-13-4-1-10(2-5-13)7-12(9-17)11-3-6-14(18)15(19)8-11/h1-8,18-19H. The number of nitrogens with zero attached hydrogens (tertiary/aromatic N) is 1. The Balaban J connectivity index is 2.42. The average molecular weight is 255 g/mol. The van der Waals surface area contributed by atoms with Crippen LogP contribution in [0, 0.1) is 17.1 Å². The van der Waals surface area contributed by atoms with Crippen molar-refractivity contribution in [2.75, 3.05) is 0 Å². The molecule has 0 atom stereocenters. The molecule has 3 nitrogen and oxygen atoms in total. The van der Waals surface area contributed by atoms with E-state index in [2.05, 4.69) is 0 Å². The van der Waals surface area contributed by atoms with Crippen LogP contribution in [0.15, 0.2) is 42.5 Å². The predicted octanol–water partition coefficient (Wildman–Crippen LogP) is 3.30. The van der Waals surface area contributed by atoms with E-state index in [0.717, 1.165) is 0 Å². The molecule has 0 radical (unpaired) electrons. The first kappa shape index (κ1) is 12.7. The third-order valence-electron chi connectivity index (χ3n) is 2.59. The molecule has 2 aromatic rings. The molecular weight excluding hydrogens is 245 g/mol. The Kier molecular flexibility index (Phi) is 3.48. The topological polar surface area (TPSA) is 64.2 Å². The van der Waals surface area contributed by atoms with Gasteiger partial charge in [-0.3, -0.25) is 0 Å². The van der Waals surface area contributed by atoms with Crippen LogP contribution in [-0.4, -0.2) is 10.2 Å². The molecule has 0 fully saturated rings. The monoisotopic (exact) mass is 255 g/mol. The molecule has 2 aromatic carbocycles. The number of halogens is 1. The van der Waals surface area contributed by atoms with Crippen molar-refractivity contribution in [3.8, 4) is 17.6 Å². The number of nitriles is 1. The zero-order valence-corrected chi connectivity index (χ0v) is 9.84. The summed E-state index contributed by atoms with van der Waals surface area (Å²) in [4.78, 5) is 0. The van der Waals surface area contributed by atoms with Crippen LogP contribution in [0.2, 0.25) is 0 Å². The van der Waals surface area contributed by atoms with E-state index < -0.39 is 0 Å². The fourth-order valence-electron chi connectivity index (χ4n) is 1.60. The van der Waals surface area contributed by atoms with E-state index in [0.29, 0.717) is 16.7 Å². The second-order valence-electron chi connectivity index (χ2n) is 3.92. The van der Waals surface area contributed by atoms with Gasteiger partial charge in [0, 0.05) is 0 Å². The number of phenolic OH excluding ortho intramolecular Hbond substituents is 2. The van der Waals surface area contributed by atoms with E-state index in [1.165, 1.54) is 30.3 Å².